The number of halogens is 2. The summed E-state index contributed by atoms with van der Waals surface area (Å²) in [6.07, 6.45) is 0. The van der Waals surface area contributed by atoms with E-state index in [0.29, 0.717) is 0 Å². The lowest BCUT2D eigenvalue weighted by Gasteiger charge is -2.09. The van der Waals surface area contributed by atoms with Crippen LogP contribution in [-0.4, -0.2) is 52.9 Å². The molecule has 1 rings (SSSR count). The maximum absolute atomic E-state index is 13.4. The maximum atomic E-state index is 13.4. The molecule has 0 aliphatic rings. The van der Waals surface area contributed by atoms with Crippen molar-refractivity contribution in [2.24, 2.45) is 0 Å². The zero-order chi connectivity index (χ0) is 19.0. The summed E-state index contributed by atoms with van der Waals surface area (Å²) in [4.78, 5) is 32.3. The molecule has 1 aromatic carbocycles. The minimum Gasteiger partial charge on any atom is -0.455 e. The van der Waals surface area contributed by atoms with E-state index in [-0.39, 0.29) is 6.54 Å². The van der Waals surface area contributed by atoms with E-state index < -0.39 is 57.5 Å². The zero-order valence-corrected chi connectivity index (χ0v) is 13.8. The lowest BCUT2D eigenvalue weighted by Crippen LogP contribution is -2.38. The highest BCUT2D eigenvalue weighted by atomic mass is 32.2. The topological polar surface area (TPSA) is 131 Å². The fourth-order valence-electron chi connectivity index (χ4n) is 1.48. The van der Waals surface area contributed by atoms with Crippen molar-refractivity contribution in [1.29, 1.82) is 0 Å². The third kappa shape index (κ3) is 6.43. The van der Waals surface area contributed by atoms with Crippen LogP contribution in [0.4, 0.5) is 8.78 Å². The Morgan fingerprint density at radius 2 is 1.68 bits per heavy atom. The average Bonchev–Trinajstić information content (AvgIpc) is 2.55. The second-order valence-electron chi connectivity index (χ2n) is 4.49. The number of nitrogens with one attached hydrogen (secondary N) is 3. The highest BCUT2D eigenvalue weighted by Gasteiger charge is 2.24. The predicted molar refractivity (Wildman–Crippen MR) is 79.6 cm³/mol. The lowest BCUT2D eigenvalue weighted by molar-refractivity contribution is -0.147. The van der Waals surface area contributed by atoms with Gasteiger partial charge in [-0.3, -0.25) is 14.4 Å². The summed E-state index contributed by atoms with van der Waals surface area (Å²) in [7, 11) is -3.27. The van der Waals surface area contributed by atoms with Crippen molar-refractivity contribution in [3.63, 3.8) is 0 Å². The largest absolute Gasteiger partial charge is 0.455 e. The van der Waals surface area contributed by atoms with Gasteiger partial charge in [-0.1, -0.05) is 6.07 Å². The molecular formula is C13H15F2N3O6S. The second kappa shape index (κ2) is 9.03. The van der Waals surface area contributed by atoms with Crippen molar-refractivity contribution >= 4 is 27.8 Å². The van der Waals surface area contributed by atoms with Crippen molar-refractivity contribution < 1.29 is 36.3 Å². The number of carbonyl (C=O) groups excluding carboxylic acids is 3. The van der Waals surface area contributed by atoms with Gasteiger partial charge in [-0.2, -0.15) is 4.72 Å². The fraction of sp³-hybridized carbons (Fsp3) is 0.308. The predicted octanol–water partition coefficient (Wildman–Crippen LogP) is -1.35. The molecule has 12 heteroatoms. The molecule has 0 spiro atoms. The minimum atomic E-state index is -4.63. The molecule has 0 aliphatic heterocycles. The second-order valence-corrected chi connectivity index (χ2v) is 6.19. The van der Waals surface area contributed by atoms with E-state index >= 15 is 0 Å². The molecule has 0 heterocycles. The van der Waals surface area contributed by atoms with Gasteiger partial charge >= 0.3 is 5.97 Å². The van der Waals surface area contributed by atoms with Gasteiger partial charge in [-0.05, 0) is 12.1 Å². The van der Waals surface area contributed by atoms with Crippen LogP contribution in [-0.2, 0) is 29.1 Å². The van der Waals surface area contributed by atoms with Crippen LogP contribution in [0, 0.1) is 11.6 Å². The summed E-state index contributed by atoms with van der Waals surface area (Å²) in [5.74, 6) is -5.07. The highest BCUT2D eigenvalue weighted by molar-refractivity contribution is 7.89. The maximum Gasteiger partial charge on any atom is 0.321 e. The number of hydrogen-bond donors (Lipinski definition) is 3. The van der Waals surface area contributed by atoms with Gasteiger partial charge in [0.1, 0.15) is 18.2 Å². The number of carbonyl (C=O) groups is 3. The first-order chi connectivity index (χ1) is 11.7. The number of ether oxygens (including phenoxy) is 1. The van der Waals surface area contributed by atoms with Gasteiger partial charge in [-0.25, -0.2) is 17.2 Å². The molecule has 0 radical (unpaired) electrons. The van der Waals surface area contributed by atoms with Crippen LogP contribution >= 0.6 is 0 Å². The molecule has 2 amide bonds. The molecule has 0 atom stereocenters. The summed E-state index contributed by atoms with van der Waals surface area (Å²) in [5.41, 5.74) is 0. The quantitative estimate of drug-likeness (QED) is 0.479. The smallest absolute Gasteiger partial charge is 0.321 e. The number of sulfonamides is 1. The Morgan fingerprint density at radius 3 is 2.24 bits per heavy atom. The number of amides is 2. The SMILES string of the molecule is CNC(=O)CNC(=O)COC(=O)CNS(=O)(=O)c1c(F)cccc1F. The molecule has 25 heavy (non-hydrogen) atoms. The van der Waals surface area contributed by atoms with E-state index in [1.165, 1.54) is 7.05 Å². The molecule has 0 unspecified atom stereocenters. The molecule has 0 fully saturated rings. The van der Waals surface area contributed by atoms with Crippen LogP contribution < -0.4 is 15.4 Å². The van der Waals surface area contributed by atoms with E-state index in [0.717, 1.165) is 18.2 Å². The van der Waals surface area contributed by atoms with E-state index in [1.54, 1.807) is 4.72 Å². The molecule has 0 aromatic heterocycles. The normalized spacial score (nSPS) is 10.8. The Balaban J connectivity index is 2.51. The molecule has 1 aromatic rings. The Hall–Kier alpha value is -2.60. The standard InChI is InChI=1S/C13H15F2N3O6S/c1-16-10(19)5-17-11(20)7-24-12(21)6-18-25(22,23)13-8(14)3-2-4-9(13)15/h2-4,18H,5-7H2,1H3,(H,16,19)(H,17,20). The van der Waals surface area contributed by atoms with Crippen molar-refractivity contribution in [3.8, 4) is 0 Å². The highest BCUT2D eigenvalue weighted by Crippen LogP contribution is 2.17. The molecular weight excluding hydrogens is 364 g/mol. The lowest BCUT2D eigenvalue weighted by atomic mass is 10.3. The van der Waals surface area contributed by atoms with Crippen LogP contribution in [0.2, 0.25) is 0 Å². The summed E-state index contributed by atoms with van der Waals surface area (Å²) >= 11 is 0. The van der Waals surface area contributed by atoms with Gasteiger partial charge in [0.05, 0.1) is 6.54 Å². The summed E-state index contributed by atoms with van der Waals surface area (Å²) in [6.45, 7) is -2.03. The molecule has 0 aliphatic carbocycles. The fourth-order valence-corrected chi connectivity index (χ4v) is 2.58. The first-order valence-corrected chi connectivity index (χ1v) is 8.22. The van der Waals surface area contributed by atoms with Crippen LogP contribution in [0.5, 0.6) is 0 Å². The van der Waals surface area contributed by atoms with E-state index in [9.17, 15) is 31.6 Å². The van der Waals surface area contributed by atoms with Gasteiger partial charge in [0, 0.05) is 7.05 Å². The zero-order valence-electron chi connectivity index (χ0n) is 13.0. The Kier molecular flexibility index (Phi) is 7.39. The van der Waals surface area contributed by atoms with Gasteiger partial charge in [0.15, 0.2) is 11.5 Å². The molecule has 0 saturated carbocycles. The average molecular weight is 379 g/mol. The third-order valence-electron chi connectivity index (χ3n) is 2.68. The Labute approximate surface area is 141 Å². The van der Waals surface area contributed by atoms with Gasteiger partial charge in [-0.15, -0.1) is 0 Å². The van der Waals surface area contributed by atoms with E-state index in [1.807, 2.05) is 0 Å². The summed E-state index contributed by atoms with van der Waals surface area (Å²) < 4.78 is 56.6. The number of likely N-dealkylation sites (N-methyl/N-ethyl adjacent to an activating group) is 1. The van der Waals surface area contributed by atoms with Crippen LogP contribution in [0.15, 0.2) is 23.1 Å². The van der Waals surface area contributed by atoms with Crippen molar-refractivity contribution in [2.45, 2.75) is 4.90 Å². The van der Waals surface area contributed by atoms with Crippen molar-refractivity contribution in [3.05, 3.63) is 29.8 Å². The minimum absolute atomic E-state index is 0.327. The van der Waals surface area contributed by atoms with Crippen LogP contribution in [0.3, 0.4) is 0 Å². The number of benzene rings is 1. The van der Waals surface area contributed by atoms with Gasteiger partial charge in [0.2, 0.25) is 15.9 Å². The van der Waals surface area contributed by atoms with Crippen molar-refractivity contribution in [2.75, 3.05) is 26.7 Å². The van der Waals surface area contributed by atoms with E-state index in [2.05, 4.69) is 15.4 Å². The summed E-state index contributed by atoms with van der Waals surface area (Å²) in [6, 6.07) is 2.47. The number of hydrogen-bond acceptors (Lipinski definition) is 6. The molecule has 3 N–H and O–H groups in total. The van der Waals surface area contributed by atoms with E-state index in [4.69, 9.17) is 0 Å². The molecule has 0 bridgehead atoms. The van der Waals surface area contributed by atoms with Crippen LogP contribution in [0.25, 0.3) is 0 Å². The Bertz CT molecular complexity index is 749. The van der Waals surface area contributed by atoms with Crippen LogP contribution in [0.1, 0.15) is 0 Å². The van der Waals surface area contributed by atoms with Crippen molar-refractivity contribution in [1.82, 2.24) is 15.4 Å². The number of esters is 1. The van der Waals surface area contributed by atoms with Gasteiger partial charge in [0.25, 0.3) is 5.91 Å². The first-order valence-electron chi connectivity index (χ1n) is 6.74. The number of rotatable bonds is 8. The third-order valence-corrected chi connectivity index (χ3v) is 4.14. The first kappa shape index (κ1) is 20.4. The monoisotopic (exact) mass is 379 g/mol. The Morgan fingerprint density at radius 1 is 1.08 bits per heavy atom. The van der Waals surface area contributed by atoms with Gasteiger partial charge < -0.3 is 15.4 Å². The molecule has 138 valence electrons. The molecule has 0 saturated heterocycles. The molecule has 9 nitrogen and oxygen atoms in total. The summed E-state index contributed by atoms with van der Waals surface area (Å²) in [5, 5.41) is 4.38.